The first-order valence-corrected chi connectivity index (χ1v) is 7.86. The standard InChI is InChI=1S/C19H23NO4/c1-13(2)24-16-10-9-14(11-17(16)23-3)12-20-18(19(21)22)15-7-5-4-6-8-15/h4-11,13,18,20H,12H2,1-3H3,(H,21,22)/t18-/m1/s1. The number of carbonyl (C=O) groups is 1. The zero-order chi connectivity index (χ0) is 17.5. The number of nitrogens with one attached hydrogen (secondary N) is 1. The van der Waals surface area contributed by atoms with E-state index in [1.165, 1.54) is 0 Å². The lowest BCUT2D eigenvalue weighted by Gasteiger charge is -2.17. The van der Waals surface area contributed by atoms with Crippen molar-refractivity contribution in [2.75, 3.05) is 7.11 Å². The van der Waals surface area contributed by atoms with E-state index in [0.717, 1.165) is 11.1 Å². The topological polar surface area (TPSA) is 67.8 Å². The van der Waals surface area contributed by atoms with Crippen molar-refractivity contribution < 1.29 is 19.4 Å². The first-order chi connectivity index (χ1) is 11.5. The number of aliphatic carboxylic acids is 1. The van der Waals surface area contributed by atoms with Crippen LogP contribution in [0.5, 0.6) is 11.5 Å². The van der Waals surface area contributed by atoms with Gasteiger partial charge >= 0.3 is 5.97 Å². The van der Waals surface area contributed by atoms with Crippen molar-refractivity contribution >= 4 is 5.97 Å². The molecular weight excluding hydrogens is 306 g/mol. The highest BCUT2D eigenvalue weighted by molar-refractivity contribution is 5.75. The number of ether oxygens (including phenoxy) is 2. The van der Waals surface area contributed by atoms with Gasteiger partial charge in [-0.15, -0.1) is 0 Å². The summed E-state index contributed by atoms with van der Waals surface area (Å²) in [5.74, 6) is 0.400. The molecule has 0 spiro atoms. The molecule has 0 aliphatic carbocycles. The van der Waals surface area contributed by atoms with Crippen LogP contribution in [0.15, 0.2) is 48.5 Å². The second-order valence-electron chi connectivity index (χ2n) is 5.71. The first kappa shape index (κ1) is 17.8. The summed E-state index contributed by atoms with van der Waals surface area (Å²) in [7, 11) is 1.59. The van der Waals surface area contributed by atoms with E-state index in [0.29, 0.717) is 18.0 Å². The molecule has 0 amide bonds. The molecule has 2 N–H and O–H groups in total. The fourth-order valence-corrected chi connectivity index (χ4v) is 2.39. The zero-order valence-corrected chi connectivity index (χ0v) is 14.2. The average Bonchev–Trinajstić information content (AvgIpc) is 2.56. The van der Waals surface area contributed by atoms with Gasteiger partial charge in [0.05, 0.1) is 13.2 Å². The van der Waals surface area contributed by atoms with E-state index in [9.17, 15) is 9.90 Å². The second kappa shape index (κ2) is 8.36. The van der Waals surface area contributed by atoms with Crippen LogP contribution in [-0.4, -0.2) is 24.3 Å². The Hall–Kier alpha value is -2.53. The number of hydrogen-bond acceptors (Lipinski definition) is 4. The average molecular weight is 329 g/mol. The number of hydrogen-bond donors (Lipinski definition) is 2. The molecule has 2 rings (SSSR count). The SMILES string of the molecule is COc1cc(CN[C@@H](C(=O)O)c2ccccc2)ccc1OC(C)C. The van der Waals surface area contributed by atoms with Gasteiger partial charge in [-0.05, 0) is 37.1 Å². The van der Waals surface area contributed by atoms with Crippen molar-refractivity contribution in [3.8, 4) is 11.5 Å². The first-order valence-electron chi connectivity index (χ1n) is 7.86. The van der Waals surface area contributed by atoms with E-state index in [-0.39, 0.29) is 6.10 Å². The lowest BCUT2D eigenvalue weighted by Crippen LogP contribution is -2.28. The Bertz CT molecular complexity index is 670. The third-order valence-corrected chi connectivity index (χ3v) is 3.48. The highest BCUT2D eigenvalue weighted by atomic mass is 16.5. The van der Waals surface area contributed by atoms with Gasteiger partial charge in [-0.3, -0.25) is 10.1 Å². The minimum absolute atomic E-state index is 0.0531. The van der Waals surface area contributed by atoms with Gasteiger partial charge in [0.15, 0.2) is 11.5 Å². The van der Waals surface area contributed by atoms with Gasteiger partial charge in [-0.25, -0.2) is 0 Å². The van der Waals surface area contributed by atoms with Crippen LogP contribution in [0, 0.1) is 0 Å². The van der Waals surface area contributed by atoms with Crippen LogP contribution in [0.4, 0.5) is 0 Å². The largest absolute Gasteiger partial charge is 0.493 e. The van der Waals surface area contributed by atoms with E-state index in [4.69, 9.17) is 9.47 Å². The van der Waals surface area contributed by atoms with Crippen LogP contribution in [0.3, 0.4) is 0 Å². The molecule has 24 heavy (non-hydrogen) atoms. The maximum absolute atomic E-state index is 11.5. The summed E-state index contributed by atoms with van der Waals surface area (Å²) < 4.78 is 11.0. The van der Waals surface area contributed by atoms with Crippen molar-refractivity contribution in [2.24, 2.45) is 0 Å². The van der Waals surface area contributed by atoms with Gasteiger partial charge in [-0.1, -0.05) is 36.4 Å². The van der Waals surface area contributed by atoms with Crippen molar-refractivity contribution in [2.45, 2.75) is 32.5 Å². The molecule has 0 aromatic heterocycles. The third-order valence-electron chi connectivity index (χ3n) is 3.48. The van der Waals surface area contributed by atoms with Gasteiger partial charge in [0.25, 0.3) is 0 Å². The highest BCUT2D eigenvalue weighted by Crippen LogP contribution is 2.29. The number of carboxylic acids is 1. The fraction of sp³-hybridized carbons (Fsp3) is 0.316. The smallest absolute Gasteiger partial charge is 0.325 e. The summed E-state index contributed by atoms with van der Waals surface area (Å²) in [6.45, 7) is 4.31. The molecule has 1 atom stereocenters. The summed E-state index contributed by atoms with van der Waals surface area (Å²) in [5, 5.41) is 12.5. The van der Waals surface area contributed by atoms with Gasteiger partial charge in [-0.2, -0.15) is 0 Å². The number of benzene rings is 2. The van der Waals surface area contributed by atoms with Crippen molar-refractivity contribution in [3.05, 3.63) is 59.7 Å². The van der Waals surface area contributed by atoms with E-state index in [1.54, 1.807) is 19.2 Å². The molecule has 5 heteroatoms. The summed E-state index contributed by atoms with van der Waals surface area (Å²) in [6, 6.07) is 13.9. The van der Waals surface area contributed by atoms with Crippen LogP contribution >= 0.6 is 0 Å². The molecule has 0 saturated heterocycles. The zero-order valence-electron chi connectivity index (χ0n) is 14.2. The predicted molar refractivity (Wildman–Crippen MR) is 92.4 cm³/mol. The van der Waals surface area contributed by atoms with Crippen molar-refractivity contribution in [3.63, 3.8) is 0 Å². The molecule has 0 heterocycles. The predicted octanol–water partition coefficient (Wildman–Crippen LogP) is 3.40. The van der Waals surface area contributed by atoms with E-state index < -0.39 is 12.0 Å². The molecule has 0 fully saturated rings. The van der Waals surface area contributed by atoms with E-state index >= 15 is 0 Å². The van der Waals surface area contributed by atoms with Crippen molar-refractivity contribution in [1.82, 2.24) is 5.32 Å². The van der Waals surface area contributed by atoms with Crippen LogP contribution in [0.2, 0.25) is 0 Å². The Kier molecular flexibility index (Phi) is 6.21. The Balaban J connectivity index is 2.11. The maximum atomic E-state index is 11.5. The molecular formula is C19H23NO4. The van der Waals surface area contributed by atoms with Gasteiger partial charge < -0.3 is 14.6 Å². The monoisotopic (exact) mass is 329 g/mol. The lowest BCUT2D eigenvalue weighted by atomic mass is 10.1. The van der Waals surface area contributed by atoms with Gasteiger partial charge in [0.1, 0.15) is 6.04 Å². The fourth-order valence-electron chi connectivity index (χ4n) is 2.39. The number of carboxylic acid groups (broad SMARTS) is 1. The van der Waals surface area contributed by atoms with Crippen LogP contribution in [-0.2, 0) is 11.3 Å². The minimum atomic E-state index is -0.909. The normalized spacial score (nSPS) is 12.0. The highest BCUT2D eigenvalue weighted by Gasteiger charge is 2.19. The summed E-state index contributed by atoms with van der Waals surface area (Å²) in [4.78, 5) is 11.5. The Labute approximate surface area is 142 Å². The molecule has 0 aliphatic rings. The molecule has 0 aliphatic heterocycles. The number of rotatable bonds is 8. The maximum Gasteiger partial charge on any atom is 0.325 e. The molecule has 2 aromatic carbocycles. The Morgan fingerprint density at radius 3 is 2.42 bits per heavy atom. The van der Waals surface area contributed by atoms with E-state index in [2.05, 4.69) is 5.32 Å². The van der Waals surface area contributed by atoms with Gasteiger partial charge in [0, 0.05) is 6.54 Å². The third kappa shape index (κ3) is 4.73. The lowest BCUT2D eigenvalue weighted by molar-refractivity contribution is -0.139. The van der Waals surface area contributed by atoms with Crippen LogP contribution in [0.1, 0.15) is 31.0 Å². The molecule has 0 bridgehead atoms. The van der Waals surface area contributed by atoms with Crippen LogP contribution < -0.4 is 14.8 Å². The summed E-state index contributed by atoms with van der Waals surface area (Å²) >= 11 is 0. The van der Waals surface area contributed by atoms with Crippen LogP contribution in [0.25, 0.3) is 0 Å². The van der Waals surface area contributed by atoms with Gasteiger partial charge in [0.2, 0.25) is 0 Å². The summed E-state index contributed by atoms with van der Waals surface area (Å²) in [6.07, 6.45) is 0.0531. The number of methoxy groups -OCH3 is 1. The molecule has 2 aromatic rings. The van der Waals surface area contributed by atoms with Crippen molar-refractivity contribution in [1.29, 1.82) is 0 Å². The molecule has 128 valence electrons. The summed E-state index contributed by atoms with van der Waals surface area (Å²) in [5.41, 5.74) is 1.64. The molecule has 0 unspecified atom stereocenters. The Morgan fingerprint density at radius 1 is 1.12 bits per heavy atom. The minimum Gasteiger partial charge on any atom is -0.493 e. The quantitative estimate of drug-likeness (QED) is 0.777. The Morgan fingerprint density at radius 2 is 1.83 bits per heavy atom. The molecule has 5 nitrogen and oxygen atoms in total. The molecule has 0 saturated carbocycles. The second-order valence-corrected chi connectivity index (χ2v) is 5.71. The van der Waals surface area contributed by atoms with E-state index in [1.807, 2.05) is 50.2 Å². The molecule has 0 radical (unpaired) electrons.